The second kappa shape index (κ2) is 9.53. The fourth-order valence-electron chi connectivity index (χ4n) is 2.76. The second-order valence-electron chi connectivity index (χ2n) is 5.89. The highest BCUT2D eigenvalue weighted by atomic mass is 35.5. The van der Waals surface area contributed by atoms with E-state index in [0.29, 0.717) is 32.6 Å². The maximum atomic E-state index is 12.8. The van der Waals surface area contributed by atoms with Gasteiger partial charge in [-0.2, -0.15) is 0 Å². The van der Waals surface area contributed by atoms with E-state index in [0.717, 1.165) is 18.4 Å². The number of halogens is 1. The third kappa shape index (κ3) is 5.52. The van der Waals surface area contributed by atoms with E-state index in [-0.39, 0.29) is 30.1 Å². The zero-order valence-corrected chi connectivity index (χ0v) is 14.4. The number of piperidine rings is 1. The molecule has 1 aliphatic heterocycles. The predicted octanol–water partition coefficient (Wildman–Crippen LogP) is 1.65. The number of nitrogens with zero attached hydrogens (tertiary/aromatic N) is 2. The van der Waals surface area contributed by atoms with Crippen molar-refractivity contribution in [1.82, 2.24) is 9.80 Å². The Kier molecular flexibility index (Phi) is 8.06. The molecule has 1 fully saturated rings. The Morgan fingerprint density at radius 1 is 1.35 bits per heavy atom. The Morgan fingerprint density at radius 2 is 2.04 bits per heavy atom. The molecule has 0 aromatic heterocycles. The van der Waals surface area contributed by atoms with Gasteiger partial charge in [-0.3, -0.25) is 9.59 Å². The van der Waals surface area contributed by atoms with Gasteiger partial charge in [-0.1, -0.05) is 30.3 Å². The molecule has 1 atom stereocenters. The normalized spacial score (nSPS) is 17.6. The minimum Gasteiger partial charge on any atom is -0.346 e. The summed E-state index contributed by atoms with van der Waals surface area (Å²) >= 11 is 0. The highest BCUT2D eigenvalue weighted by Gasteiger charge is 2.31. The molecular weight excluding hydrogens is 314 g/mol. The minimum absolute atomic E-state index is 0. The van der Waals surface area contributed by atoms with E-state index in [9.17, 15) is 9.59 Å². The Bertz CT molecular complexity index is 510. The average Bonchev–Trinajstić information content (AvgIpc) is 2.54. The zero-order chi connectivity index (χ0) is 15.9. The van der Waals surface area contributed by atoms with Crippen molar-refractivity contribution < 1.29 is 9.59 Å². The van der Waals surface area contributed by atoms with Gasteiger partial charge in [0, 0.05) is 39.0 Å². The first-order valence-electron chi connectivity index (χ1n) is 7.88. The topological polar surface area (TPSA) is 66.6 Å². The summed E-state index contributed by atoms with van der Waals surface area (Å²) < 4.78 is 0. The maximum Gasteiger partial charge on any atom is 0.226 e. The van der Waals surface area contributed by atoms with E-state index < -0.39 is 0 Å². The summed E-state index contributed by atoms with van der Waals surface area (Å²) in [6.07, 6.45) is 1.84. The van der Waals surface area contributed by atoms with Crippen molar-refractivity contribution in [2.45, 2.75) is 25.8 Å². The van der Waals surface area contributed by atoms with Crippen LogP contribution < -0.4 is 5.73 Å². The Balaban J connectivity index is 0.00000264. The largest absolute Gasteiger partial charge is 0.346 e. The van der Waals surface area contributed by atoms with Gasteiger partial charge in [-0.15, -0.1) is 12.4 Å². The summed E-state index contributed by atoms with van der Waals surface area (Å²) in [7, 11) is 1.79. The summed E-state index contributed by atoms with van der Waals surface area (Å²) in [5.74, 6) is -0.0491. The number of likely N-dealkylation sites (tertiary alicyclic amines) is 1. The molecule has 1 aliphatic rings. The average molecular weight is 340 g/mol. The molecule has 6 heteroatoms. The molecule has 2 N–H and O–H groups in total. The molecule has 0 radical (unpaired) electrons. The number of rotatable bonds is 6. The summed E-state index contributed by atoms with van der Waals surface area (Å²) in [6.45, 7) is 2.45. The van der Waals surface area contributed by atoms with Gasteiger partial charge in [0.1, 0.15) is 0 Å². The number of nitrogens with two attached hydrogens (primary N) is 1. The summed E-state index contributed by atoms with van der Waals surface area (Å²) in [5.41, 5.74) is 6.69. The SMILES string of the molecule is CN1CCC(C(=O)N(CCCN)Cc2ccccc2)CC1=O.Cl. The molecule has 0 bridgehead atoms. The Hall–Kier alpha value is -1.59. The number of hydrogen-bond acceptors (Lipinski definition) is 3. The van der Waals surface area contributed by atoms with Crippen molar-refractivity contribution in [2.75, 3.05) is 26.7 Å². The van der Waals surface area contributed by atoms with Gasteiger partial charge < -0.3 is 15.5 Å². The quantitative estimate of drug-likeness (QED) is 0.857. The number of amides is 2. The van der Waals surface area contributed by atoms with Crippen molar-refractivity contribution in [1.29, 1.82) is 0 Å². The van der Waals surface area contributed by atoms with E-state index in [1.807, 2.05) is 35.2 Å². The molecule has 128 valence electrons. The van der Waals surface area contributed by atoms with Crippen LogP contribution in [0.4, 0.5) is 0 Å². The first kappa shape index (κ1) is 19.5. The minimum atomic E-state index is -0.190. The van der Waals surface area contributed by atoms with Crippen LogP contribution in [0.5, 0.6) is 0 Å². The number of benzene rings is 1. The van der Waals surface area contributed by atoms with Crippen LogP contribution in [0.2, 0.25) is 0 Å². The fraction of sp³-hybridized carbons (Fsp3) is 0.529. The maximum absolute atomic E-state index is 12.8. The molecule has 0 saturated carbocycles. The van der Waals surface area contributed by atoms with E-state index in [1.165, 1.54) is 0 Å². The third-order valence-electron chi connectivity index (χ3n) is 4.17. The Labute approximate surface area is 144 Å². The van der Waals surface area contributed by atoms with Crippen LogP contribution in [-0.4, -0.2) is 48.3 Å². The molecular formula is C17H26ClN3O2. The van der Waals surface area contributed by atoms with E-state index in [1.54, 1.807) is 11.9 Å². The molecule has 1 aromatic rings. The van der Waals surface area contributed by atoms with Crippen LogP contribution in [0.3, 0.4) is 0 Å². The summed E-state index contributed by atoms with van der Waals surface area (Å²) in [4.78, 5) is 28.2. The van der Waals surface area contributed by atoms with Crippen LogP contribution in [-0.2, 0) is 16.1 Å². The van der Waals surface area contributed by atoms with Gasteiger partial charge in [0.2, 0.25) is 11.8 Å². The van der Waals surface area contributed by atoms with Crippen molar-refractivity contribution in [3.8, 4) is 0 Å². The monoisotopic (exact) mass is 339 g/mol. The standard InChI is InChI=1S/C17H25N3O2.ClH/c1-19-11-8-15(12-16(19)21)17(22)20(10-5-9-18)13-14-6-3-2-4-7-14;/h2-4,6-7,15H,5,8-13,18H2,1H3;1H. The molecule has 1 aromatic carbocycles. The van der Waals surface area contributed by atoms with Gasteiger partial charge in [0.25, 0.3) is 0 Å². The molecule has 2 rings (SSSR count). The van der Waals surface area contributed by atoms with E-state index >= 15 is 0 Å². The van der Waals surface area contributed by atoms with Crippen molar-refractivity contribution in [2.24, 2.45) is 11.7 Å². The van der Waals surface area contributed by atoms with Crippen LogP contribution in [0.25, 0.3) is 0 Å². The highest BCUT2D eigenvalue weighted by Crippen LogP contribution is 2.21. The van der Waals surface area contributed by atoms with Gasteiger partial charge in [-0.05, 0) is 24.9 Å². The fourth-order valence-corrected chi connectivity index (χ4v) is 2.76. The molecule has 0 aliphatic carbocycles. The zero-order valence-electron chi connectivity index (χ0n) is 13.6. The van der Waals surface area contributed by atoms with Gasteiger partial charge in [0.15, 0.2) is 0 Å². The van der Waals surface area contributed by atoms with E-state index in [4.69, 9.17) is 5.73 Å². The molecule has 1 unspecified atom stereocenters. The molecule has 1 heterocycles. The molecule has 5 nitrogen and oxygen atoms in total. The Morgan fingerprint density at radius 3 is 2.65 bits per heavy atom. The summed E-state index contributed by atoms with van der Waals surface area (Å²) in [6, 6.07) is 9.94. The lowest BCUT2D eigenvalue weighted by molar-refractivity contribution is -0.144. The van der Waals surface area contributed by atoms with Crippen molar-refractivity contribution in [3.63, 3.8) is 0 Å². The van der Waals surface area contributed by atoms with Crippen molar-refractivity contribution in [3.05, 3.63) is 35.9 Å². The first-order chi connectivity index (χ1) is 10.6. The smallest absolute Gasteiger partial charge is 0.226 e. The number of carbonyl (C=O) groups excluding carboxylic acids is 2. The molecule has 2 amide bonds. The van der Waals surface area contributed by atoms with Crippen molar-refractivity contribution >= 4 is 24.2 Å². The van der Waals surface area contributed by atoms with Gasteiger partial charge >= 0.3 is 0 Å². The van der Waals surface area contributed by atoms with Crippen LogP contribution >= 0.6 is 12.4 Å². The molecule has 1 saturated heterocycles. The molecule has 23 heavy (non-hydrogen) atoms. The van der Waals surface area contributed by atoms with Crippen LogP contribution in [0.1, 0.15) is 24.8 Å². The first-order valence-corrected chi connectivity index (χ1v) is 7.88. The molecule has 0 spiro atoms. The highest BCUT2D eigenvalue weighted by molar-refractivity contribution is 5.87. The van der Waals surface area contributed by atoms with Gasteiger partial charge in [-0.25, -0.2) is 0 Å². The van der Waals surface area contributed by atoms with Crippen LogP contribution in [0, 0.1) is 5.92 Å². The third-order valence-corrected chi connectivity index (χ3v) is 4.17. The lowest BCUT2D eigenvalue weighted by Gasteiger charge is -2.32. The second-order valence-corrected chi connectivity index (χ2v) is 5.89. The van der Waals surface area contributed by atoms with Crippen LogP contribution in [0.15, 0.2) is 30.3 Å². The lowest BCUT2D eigenvalue weighted by Crippen LogP contribution is -2.44. The number of hydrogen-bond donors (Lipinski definition) is 1. The van der Waals surface area contributed by atoms with E-state index in [2.05, 4.69) is 0 Å². The predicted molar refractivity (Wildman–Crippen MR) is 93.1 cm³/mol. The lowest BCUT2D eigenvalue weighted by atomic mass is 9.94. The number of carbonyl (C=O) groups is 2. The van der Waals surface area contributed by atoms with Gasteiger partial charge in [0.05, 0.1) is 0 Å². The summed E-state index contributed by atoms with van der Waals surface area (Å²) in [5, 5.41) is 0.